The van der Waals surface area contributed by atoms with Gasteiger partial charge < -0.3 is 10.7 Å². The molecule has 0 radical (unpaired) electrons. The molecule has 3 N–H and O–H groups in total. The Balaban J connectivity index is 1.82. The number of hydrogen-bond donors (Lipinski definition) is 2. The summed E-state index contributed by atoms with van der Waals surface area (Å²) in [6, 6.07) is 15.5. The summed E-state index contributed by atoms with van der Waals surface area (Å²) in [6.07, 6.45) is 0.677. The zero-order valence-corrected chi connectivity index (χ0v) is 11.1. The van der Waals surface area contributed by atoms with Crippen LogP contribution >= 0.6 is 11.6 Å². The summed E-state index contributed by atoms with van der Waals surface area (Å²) in [5, 5.41) is 0.722. The minimum absolute atomic E-state index is 0.0853. The summed E-state index contributed by atoms with van der Waals surface area (Å²) in [7, 11) is 0. The van der Waals surface area contributed by atoms with Gasteiger partial charge in [-0.15, -0.1) is 0 Å². The maximum Gasteiger partial charge on any atom is 0.109 e. The first-order chi connectivity index (χ1) is 9.22. The predicted octanol–water partition coefficient (Wildman–Crippen LogP) is 3.46. The molecule has 0 saturated heterocycles. The van der Waals surface area contributed by atoms with Crippen molar-refractivity contribution in [1.29, 1.82) is 0 Å². The molecule has 0 fully saturated rings. The van der Waals surface area contributed by atoms with E-state index in [9.17, 15) is 0 Å². The zero-order valence-electron chi connectivity index (χ0n) is 10.3. The van der Waals surface area contributed by atoms with E-state index in [0.717, 1.165) is 27.4 Å². The highest BCUT2D eigenvalue weighted by Gasteiger charge is 2.10. The highest BCUT2D eigenvalue weighted by atomic mass is 35.5. The van der Waals surface area contributed by atoms with Crippen molar-refractivity contribution < 1.29 is 0 Å². The number of aromatic nitrogens is 2. The van der Waals surface area contributed by atoms with Gasteiger partial charge in [0.05, 0.1) is 11.0 Å². The second kappa shape index (κ2) is 5.03. The lowest BCUT2D eigenvalue weighted by Crippen LogP contribution is -2.13. The summed E-state index contributed by atoms with van der Waals surface area (Å²) in [5.74, 6) is 0.906. The maximum atomic E-state index is 6.20. The zero-order chi connectivity index (χ0) is 13.2. The van der Waals surface area contributed by atoms with E-state index in [1.54, 1.807) is 0 Å². The number of nitrogens with zero attached hydrogens (tertiary/aromatic N) is 1. The number of fused-ring (bicyclic) bond motifs is 1. The molecule has 1 aromatic heterocycles. The molecule has 0 amide bonds. The van der Waals surface area contributed by atoms with Crippen molar-refractivity contribution in [3.8, 4) is 0 Å². The van der Waals surface area contributed by atoms with Crippen LogP contribution in [0.1, 0.15) is 17.4 Å². The van der Waals surface area contributed by atoms with E-state index in [1.165, 1.54) is 0 Å². The van der Waals surface area contributed by atoms with Gasteiger partial charge in [-0.2, -0.15) is 0 Å². The van der Waals surface area contributed by atoms with Crippen molar-refractivity contribution >= 4 is 22.6 Å². The van der Waals surface area contributed by atoms with Gasteiger partial charge in [0.25, 0.3) is 0 Å². The first-order valence-corrected chi connectivity index (χ1v) is 6.55. The first kappa shape index (κ1) is 12.2. The summed E-state index contributed by atoms with van der Waals surface area (Å²) in [6.45, 7) is 0. The number of halogens is 1. The molecule has 3 rings (SSSR count). The lowest BCUT2D eigenvalue weighted by molar-refractivity contribution is 0.696. The van der Waals surface area contributed by atoms with Crippen molar-refractivity contribution in [3.05, 3.63) is 64.9 Å². The Morgan fingerprint density at radius 2 is 1.84 bits per heavy atom. The molecular formula is C15H14ClN3. The first-order valence-electron chi connectivity index (χ1n) is 6.17. The molecule has 0 saturated carbocycles. The molecule has 0 bridgehead atoms. The van der Waals surface area contributed by atoms with Gasteiger partial charge >= 0.3 is 0 Å². The summed E-state index contributed by atoms with van der Waals surface area (Å²) >= 11 is 5.87. The van der Waals surface area contributed by atoms with Crippen molar-refractivity contribution in [2.75, 3.05) is 0 Å². The largest absolute Gasteiger partial charge is 0.342 e. The molecule has 0 unspecified atom stereocenters. The van der Waals surface area contributed by atoms with Crippen LogP contribution in [0.2, 0.25) is 5.02 Å². The maximum absolute atomic E-state index is 6.20. The third-order valence-electron chi connectivity index (χ3n) is 3.15. The third kappa shape index (κ3) is 2.62. The number of nitrogens with two attached hydrogens (primary N) is 1. The smallest absolute Gasteiger partial charge is 0.109 e. The van der Waals surface area contributed by atoms with Gasteiger partial charge in [0, 0.05) is 17.5 Å². The molecule has 2 aromatic carbocycles. The highest BCUT2D eigenvalue weighted by Crippen LogP contribution is 2.19. The molecule has 0 spiro atoms. The van der Waals surface area contributed by atoms with E-state index < -0.39 is 0 Å². The molecule has 4 heteroatoms. The second-order valence-corrected chi connectivity index (χ2v) is 5.00. The fourth-order valence-corrected chi connectivity index (χ4v) is 2.26. The van der Waals surface area contributed by atoms with Crippen molar-refractivity contribution in [3.63, 3.8) is 0 Å². The van der Waals surface area contributed by atoms with Crippen molar-refractivity contribution in [1.82, 2.24) is 9.97 Å². The average molecular weight is 272 g/mol. The Bertz CT molecular complexity index is 655. The topological polar surface area (TPSA) is 54.7 Å². The number of nitrogens with one attached hydrogen (secondary N) is 1. The van der Waals surface area contributed by atoms with E-state index in [0.29, 0.717) is 6.42 Å². The molecule has 96 valence electrons. The number of rotatable bonds is 3. The van der Waals surface area contributed by atoms with Crippen molar-refractivity contribution in [2.45, 2.75) is 12.5 Å². The van der Waals surface area contributed by atoms with E-state index in [1.807, 2.05) is 48.5 Å². The van der Waals surface area contributed by atoms with Gasteiger partial charge in [-0.25, -0.2) is 4.98 Å². The van der Waals surface area contributed by atoms with Crippen LogP contribution in [0.4, 0.5) is 0 Å². The number of H-pyrrole nitrogens is 1. The Hall–Kier alpha value is -1.84. The lowest BCUT2D eigenvalue weighted by Gasteiger charge is -2.10. The van der Waals surface area contributed by atoms with Gasteiger partial charge in [0.1, 0.15) is 5.82 Å². The quantitative estimate of drug-likeness (QED) is 0.766. The number of hydrogen-bond acceptors (Lipinski definition) is 2. The van der Waals surface area contributed by atoms with Crippen LogP contribution in [0.15, 0.2) is 48.5 Å². The van der Waals surface area contributed by atoms with Gasteiger partial charge in [-0.1, -0.05) is 35.9 Å². The SMILES string of the molecule is N[C@@H](Cc1nc2ccccc2[nH]1)c1ccc(Cl)cc1. The Morgan fingerprint density at radius 3 is 2.58 bits per heavy atom. The molecule has 1 heterocycles. The predicted molar refractivity (Wildman–Crippen MR) is 78.2 cm³/mol. The number of aromatic amines is 1. The minimum Gasteiger partial charge on any atom is -0.342 e. The van der Waals surface area contributed by atoms with Gasteiger partial charge in [-0.05, 0) is 29.8 Å². The van der Waals surface area contributed by atoms with Gasteiger partial charge in [0.15, 0.2) is 0 Å². The molecule has 19 heavy (non-hydrogen) atoms. The lowest BCUT2D eigenvalue weighted by atomic mass is 10.0. The molecule has 0 aliphatic carbocycles. The third-order valence-corrected chi connectivity index (χ3v) is 3.40. The summed E-state index contributed by atoms with van der Waals surface area (Å²) in [5.41, 5.74) is 9.27. The van der Waals surface area contributed by atoms with E-state index in [-0.39, 0.29) is 6.04 Å². The van der Waals surface area contributed by atoms with E-state index in [2.05, 4.69) is 9.97 Å². The van der Waals surface area contributed by atoms with E-state index >= 15 is 0 Å². The molecule has 0 aliphatic rings. The van der Waals surface area contributed by atoms with Crippen LogP contribution in [-0.4, -0.2) is 9.97 Å². The molecule has 3 aromatic rings. The van der Waals surface area contributed by atoms with Crippen LogP contribution in [0.5, 0.6) is 0 Å². The van der Waals surface area contributed by atoms with Crippen LogP contribution in [-0.2, 0) is 6.42 Å². The Morgan fingerprint density at radius 1 is 1.11 bits per heavy atom. The van der Waals surface area contributed by atoms with E-state index in [4.69, 9.17) is 17.3 Å². The Labute approximate surface area is 116 Å². The number of imidazole rings is 1. The second-order valence-electron chi connectivity index (χ2n) is 4.56. The summed E-state index contributed by atoms with van der Waals surface area (Å²) in [4.78, 5) is 7.82. The Kier molecular flexibility index (Phi) is 3.23. The monoisotopic (exact) mass is 271 g/mol. The molecule has 1 atom stereocenters. The standard InChI is InChI=1S/C15H14ClN3/c16-11-7-5-10(6-8-11)12(17)9-15-18-13-3-1-2-4-14(13)19-15/h1-8,12H,9,17H2,(H,18,19)/t12-/m0/s1. The van der Waals surface area contributed by atoms with Gasteiger partial charge in [0.2, 0.25) is 0 Å². The van der Waals surface area contributed by atoms with Gasteiger partial charge in [-0.3, -0.25) is 0 Å². The normalized spacial score (nSPS) is 12.7. The average Bonchev–Trinajstić information content (AvgIpc) is 2.81. The van der Waals surface area contributed by atoms with Crippen molar-refractivity contribution in [2.24, 2.45) is 5.73 Å². The number of para-hydroxylation sites is 2. The van der Waals surface area contributed by atoms with Crippen LogP contribution < -0.4 is 5.73 Å². The fraction of sp³-hybridized carbons (Fsp3) is 0.133. The highest BCUT2D eigenvalue weighted by molar-refractivity contribution is 6.30. The fourth-order valence-electron chi connectivity index (χ4n) is 2.14. The molecular weight excluding hydrogens is 258 g/mol. The molecule has 3 nitrogen and oxygen atoms in total. The van der Waals surface area contributed by atoms with Crippen LogP contribution in [0.25, 0.3) is 11.0 Å². The molecule has 0 aliphatic heterocycles. The van der Waals surface area contributed by atoms with Crippen LogP contribution in [0, 0.1) is 0 Å². The number of benzene rings is 2. The minimum atomic E-state index is -0.0853. The summed E-state index contributed by atoms with van der Waals surface area (Å²) < 4.78 is 0. The van der Waals surface area contributed by atoms with Crippen LogP contribution in [0.3, 0.4) is 0 Å².